The van der Waals surface area contributed by atoms with Crippen molar-refractivity contribution in [2.75, 3.05) is 39.6 Å². The van der Waals surface area contributed by atoms with Gasteiger partial charge in [-0.3, -0.25) is 0 Å². The molecule has 0 saturated carbocycles. The van der Waals surface area contributed by atoms with Gasteiger partial charge in [0, 0.05) is 39.6 Å². The smallest absolute Gasteiger partial charge is 0.371 e. The second-order valence-electron chi connectivity index (χ2n) is 4.74. The molecule has 0 aliphatic heterocycles. The molecule has 0 amide bonds. The summed E-state index contributed by atoms with van der Waals surface area (Å²) in [4.78, 5) is 0.827. The predicted octanol–water partition coefficient (Wildman–Crippen LogP) is 3.50. The van der Waals surface area contributed by atoms with Gasteiger partial charge in [-0.1, -0.05) is 13.0 Å². The molecule has 0 N–H and O–H groups in total. The Morgan fingerprint density at radius 3 is 0.958 bits per heavy atom. The number of allylic oxidation sites excluding steroid dienone is 1. The standard InChI is InChI=1S/C16H36O6Si2/c1-8-15-16(23(17-9-2,18-10-3)19-11-4)24(20-12-5,21-13-6)22-14-7/h15H,8-14H2,1-7H3. The molecule has 0 rings (SSSR count). The fraction of sp³-hybridized carbons (Fsp3) is 0.875. The molecule has 8 heteroatoms. The Bertz CT molecular complexity index is 289. The molecule has 0 unspecified atom stereocenters. The average molecular weight is 381 g/mol. The summed E-state index contributed by atoms with van der Waals surface area (Å²) in [6.07, 6.45) is 2.85. The third-order valence-electron chi connectivity index (χ3n) is 3.07. The molecule has 0 aromatic carbocycles. The zero-order chi connectivity index (χ0) is 18.5. The summed E-state index contributed by atoms with van der Waals surface area (Å²) < 4.78 is 36.5. The number of rotatable bonds is 15. The van der Waals surface area contributed by atoms with Gasteiger partial charge in [-0.15, -0.1) is 0 Å². The maximum absolute atomic E-state index is 6.09. The first-order valence-corrected chi connectivity index (χ1v) is 12.6. The Kier molecular flexibility index (Phi) is 13.1. The maximum Gasteiger partial charge on any atom is 0.535 e. The van der Waals surface area contributed by atoms with Gasteiger partial charge in [0.25, 0.3) is 0 Å². The summed E-state index contributed by atoms with van der Waals surface area (Å²) in [5.41, 5.74) is 0. The van der Waals surface area contributed by atoms with Crippen LogP contribution in [0.15, 0.2) is 10.9 Å². The first-order chi connectivity index (χ1) is 11.6. The normalized spacial score (nSPS) is 12.5. The van der Waals surface area contributed by atoms with E-state index in [9.17, 15) is 0 Å². The molecule has 0 atom stereocenters. The molecule has 0 aliphatic rings. The quantitative estimate of drug-likeness (QED) is 0.405. The third kappa shape index (κ3) is 6.34. The number of hydrogen-bond acceptors (Lipinski definition) is 6. The van der Waals surface area contributed by atoms with Gasteiger partial charge in [0.1, 0.15) is 0 Å². The highest BCUT2D eigenvalue weighted by atomic mass is 28.5. The first-order valence-electron chi connectivity index (χ1n) is 9.10. The summed E-state index contributed by atoms with van der Waals surface area (Å²) >= 11 is 0. The molecule has 0 heterocycles. The summed E-state index contributed by atoms with van der Waals surface area (Å²) in [5, 5.41) is 0. The van der Waals surface area contributed by atoms with Gasteiger partial charge >= 0.3 is 17.6 Å². The van der Waals surface area contributed by atoms with Gasteiger partial charge in [0.2, 0.25) is 0 Å². The topological polar surface area (TPSA) is 55.4 Å². The lowest BCUT2D eigenvalue weighted by atomic mass is 10.5. The van der Waals surface area contributed by atoms with Gasteiger partial charge in [0.15, 0.2) is 0 Å². The largest absolute Gasteiger partial charge is 0.535 e. The van der Waals surface area contributed by atoms with Crippen LogP contribution in [0.25, 0.3) is 0 Å². The third-order valence-corrected chi connectivity index (χ3v) is 10.7. The molecule has 0 fully saturated rings. The van der Waals surface area contributed by atoms with Crippen molar-refractivity contribution in [3.05, 3.63) is 10.9 Å². The monoisotopic (exact) mass is 380 g/mol. The van der Waals surface area contributed by atoms with Crippen molar-refractivity contribution >= 4 is 17.6 Å². The Labute approximate surface area is 150 Å². The van der Waals surface area contributed by atoms with E-state index in [4.69, 9.17) is 26.6 Å². The van der Waals surface area contributed by atoms with E-state index in [0.717, 1.165) is 11.2 Å². The highest BCUT2D eigenvalue weighted by molar-refractivity contribution is 6.91. The molecule has 0 spiro atoms. The molecular formula is C16H36O6Si2. The van der Waals surface area contributed by atoms with Crippen LogP contribution in [-0.2, 0) is 26.6 Å². The minimum atomic E-state index is -3.15. The lowest BCUT2D eigenvalue weighted by Crippen LogP contribution is -2.62. The second-order valence-corrected chi connectivity index (χ2v) is 10.3. The van der Waals surface area contributed by atoms with Crippen LogP contribution < -0.4 is 0 Å². The van der Waals surface area contributed by atoms with E-state index in [1.165, 1.54) is 0 Å². The summed E-state index contributed by atoms with van der Waals surface area (Å²) in [6.45, 7) is 16.6. The zero-order valence-electron chi connectivity index (χ0n) is 16.5. The maximum atomic E-state index is 6.09. The van der Waals surface area contributed by atoms with E-state index in [2.05, 4.69) is 13.0 Å². The number of hydrogen-bond donors (Lipinski definition) is 0. The van der Waals surface area contributed by atoms with Gasteiger partial charge in [0.05, 0.1) is 4.82 Å². The fourth-order valence-electron chi connectivity index (χ4n) is 2.50. The van der Waals surface area contributed by atoms with Crippen molar-refractivity contribution in [1.82, 2.24) is 0 Å². The Morgan fingerprint density at radius 1 is 0.542 bits per heavy atom. The van der Waals surface area contributed by atoms with E-state index >= 15 is 0 Å². The van der Waals surface area contributed by atoms with E-state index in [0.29, 0.717) is 39.6 Å². The van der Waals surface area contributed by atoms with Gasteiger partial charge < -0.3 is 26.6 Å². The van der Waals surface area contributed by atoms with Crippen molar-refractivity contribution < 1.29 is 26.6 Å². The van der Waals surface area contributed by atoms with Crippen molar-refractivity contribution in [2.24, 2.45) is 0 Å². The van der Waals surface area contributed by atoms with Gasteiger partial charge in [-0.05, 0) is 48.0 Å². The Balaban J connectivity index is 6.23. The van der Waals surface area contributed by atoms with Crippen LogP contribution in [0.5, 0.6) is 0 Å². The Hall–Kier alpha value is -0.0662. The summed E-state index contributed by atoms with van der Waals surface area (Å²) in [5.74, 6) is 0. The van der Waals surface area contributed by atoms with Crippen molar-refractivity contribution in [3.63, 3.8) is 0 Å². The van der Waals surface area contributed by atoms with Crippen molar-refractivity contribution in [3.8, 4) is 0 Å². The minimum absolute atomic E-state index is 0.488. The van der Waals surface area contributed by atoms with Crippen molar-refractivity contribution in [1.29, 1.82) is 0 Å². The van der Waals surface area contributed by atoms with Crippen LogP contribution in [0, 0.1) is 0 Å². The SMILES string of the molecule is CCC=C([Si](OCC)(OCC)OCC)[Si](OCC)(OCC)OCC. The summed E-state index contributed by atoms with van der Waals surface area (Å²) in [7, 11) is -6.29. The van der Waals surface area contributed by atoms with Crippen LogP contribution in [0.3, 0.4) is 0 Å². The fourth-order valence-corrected chi connectivity index (χ4v) is 9.92. The second kappa shape index (κ2) is 13.2. The van der Waals surface area contributed by atoms with Gasteiger partial charge in [-0.25, -0.2) is 0 Å². The predicted molar refractivity (Wildman–Crippen MR) is 99.6 cm³/mol. The summed E-state index contributed by atoms with van der Waals surface area (Å²) in [6, 6.07) is 0. The van der Waals surface area contributed by atoms with E-state index in [1.54, 1.807) is 0 Å². The molecule has 0 saturated heterocycles. The molecule has 0 bridgehead atoms. The van der Waals surface area contributed by atoms with Gasteiger partial charge in [-0.2, -0.15) is 0 Å². The van der Waals surface area contributed by atoms with E-state index in [1.807, 2.05) is 41.5 Å². The van der Waals surface area contributed by atoms with Crippen molar-refractivity contribution in [2.45, 2.75) is 54.9 Å². The van der Waals surface area contributed by atoms with E-state index in [-0.39, 0.29) is 0 Å². The zero-order valence-corrected chi connectivity index (χ0v) is 18.5. The van der Waals surface area contributed by atoms with Crippen LogP contribution in [0.1, 0.15) is 54.9 Å². The molecule has 6 nitrogen and oxygen atoms in total. The van der Waals surface area contributed by atoms with Crippen LogP contribution in [-0.4, -0.2) is 57.3 Å². The van der Waals surface area contributed by atoms with Crippen LogP contribution >= 0.6 is 0 Å². The molecule has 0 aromatic rings. The molecule has 144 valence electrons. The molecule has 24 heavy (non-hydrogen) atoms. The molecule has 0 radical (unpaired) electrons. The molecule has 0 aromatic heterocycles. The van der Waals surface area contributed by atoms with Crippen LogP contribution in [0.4, 0.5) is 0 Å². The highest BCUT2D eigenvalue weighted by Crippen LogP contribution is 2.32. The van der Waals surface area contributed by atoms with Crippen LogP contribution in [0.2, 0.25) is 0 Å². The first kappa shape index (κ1) is 23.9. The van der Waals surface area contributed by atoms with E-state index < -0.39 is 17.6 Å². The average Bonchev–Trinajstić information content (AvgIpc) is 2.54. The molecular weight excluding hydrogens is 344 g/mol. The minimum Gasteiger partial charge on any atom is -0.371 e. The highest BCUT2D eigenvalue weighted by Gasteiger charge is 2.61. The lowest BCUT2D eigenvalue weighted by Gasteiger charge is -2.38. The lowest BCUT2D eigenvalue weighted by molar-refractivity contribution is 0.0602. The Morgan fingerprint density at radius 2 is 0.792 bits per heavy atom. The molecule has 0 aliphatic carbocycles.